The van der Waals surface area contributed by atoms with Crippen molar-refractivity contribution in [2.75, 3.05) is 13.1 Å². The monoisotopic (exact) mass is 241 g/mol. The van der Waals surface area contributed by atoms with Crippen LogP contribution in [0.1, 0.15) is 11.3 Å². The van der Waals surface area contributed by atoms with Crippen LogP contribution in [-0.4, -0.2) is 30.4 Å². The van der Waals surface area contributed by atoms with E-state index in [1.807, 2.05) is 17.5 Å². The maximum Gasteiger partial charge on any atom is 0.324 e. The average molecular weight is 241 g/mol. The minimum absolute atomic E-state index is 0.357. The van der Waals surface area contributed by atoms with Crippen LogP contribution in [0.2, 0.25) is 0 Å². The molecule has 0 aromatic carbocycles. The molecular weight excluding hydrogens is 226 g/mol. The molecule has 0 bridgehead atoms. The number of hydrogen-bond donors (Lipinski definition) is 2. The van der Waals surface area contributed by atoms with E-state index in [4.69, 9.17) is 5.73 Å². The Morgan fingerprint density at radius 3 is 3.00 bits per heavy atom. The zero-order valence-electron chi connectivity index (χ0n) is 8.89. The minimum atomic E-state index is -0.378. The van der Waals surface area contributed by atoms with Gasteiger partial charge in [-0.25, -0.2) is 4.79 Å². The van der Waals surface area contributed by atoms with Crippen LogP contribution in [-0.2, 0) is 11.3 Å². The third-order valence-electron chi connectivity index (χ3n) is 1.99. The molecule has 5 nitrogen and oxygen atoms in total. The molecule has 6 heteroatoms. The number of nitrogens with zero attached hydrogens (tertiary/aromatic N) is 1. The Hall–Kier alpha value is -1.40. The third-order valence-corrected chi connectivity index (χ3v) is 2.86. The number of imide groups is 1. The van der Waals surface area contributed by atoms with Gasteiger partial charge in [-0.2, -0.15) is 0 Å². The molecule has 0 aliphatic carbocycles. The number of amides is 3. The van der Waals surface area contributed by atoms with Gasteiger partial charge >= 0.3 is 6.03 Å². The van der Waals surface area contributed by atoms with Crippen LogP contribution in [0.25, 0.3) is 0 Å². The van der Waals surface area contributed by atoms with Crippen molar-refractivity contribution >= 4 is 23.8 Å². The van der Waals surface area contributed by atoms with Crippen molar-refractivity contribution in [1.82, 2.24) is 10.2 Å². The van der Waals surface area contributed by atoms with Gasteiger partial charge in [0, 0.05) is 11.4 Å². The number of rotatable bonds is 6. The van der Waals surface area contributed by atoms with Gasteiger partial charge < -0.3 is 11.1 Å². The quantitative estimate of drug-likeness (QED) is 0.722. The topological polar surface area (TPSA) is 75.4 Å². The van der Waals surface area contributed by atoms with Crippen LogP contribution in [0.4, 0.5) is 4.79 Å². The molecule has 1 aromatic heterocycles. The van der Waals surface area contributed by atoms with E-state index in [1.165, 1.54) is 0 Å². The van der Waals surface area contributed by atoms with Crippen molar-refractivity contribution in [3.05, 3.63) is 22.4 Å². The summed E-state index contributed by atoms with van der Waals surface area (Å²) in [5.74, 6) is 0. The smallest absolute Gasteiger partial charge is 0.324 e. The highest BCUT2D eigenvalue weighted by Crippen LogP contribution is 2.07. The highest BCUT2D eigenvalue weighted by Gasteiger charge is 2.10. The summed E-state index contributed by atoms with van der Waals surface area (Å²) in [6, 6.07) is 3.46. The van der Waals surface area contributed by atoms with Crippen LogP contribution in [0.3, 0.4) is 0 Å². The van der Waals surface area contributed by atoms with Crippen molar-refractivity contribution in [1.29, 1.82) is 0 Å². The molecule has 0 unspecified atom stereocenters. The second-order valence-corrected chi connectivity index (χ2v) is 4.21. The first-order valence-corrected chi connectivity index (χ1v) is 5.88. The lowest BCUT2D eigenvalue weighted by Crippen LogP contribution is -2.39. The van der Waals surface area contributed by atoms with Gasteiger partial charge in [0.1, 0.15) is 0 Å². The van der Waals surface area contributed by atoms with Crippen molar-refractivity contribution in [3.8, 4) is 0 Å². The molecule has 3 N–H and O–H groups in total. The molecule has 0 spiro atoms. The normalized spacial score (nSPS) is 9.81. The summed E-state index contributed by atoms with van der Waals surface area (Å²) in [4.78, 5) is 24.3. The molecule has 1 aromatic rings. The Kier molecular flexibility index (Phi) is 5.52. The maximum atomic E-state index is 11.5. The van der Waals surface area contributed by atoms with E-state index < -0.39 is 0 Å². The second kappa shape index (κ2) is 6.97. The third kappa shape index (κ3) is 4.00. The van der Waals surface area contributed by atoms with Crippen LogP contribution >= 0.6 is 11.3 Å². The maximum absolute atomic E-state index is 11.5. The highest BCUT2D eigenvalue weighted by atomic mass is 32.1. The lowest BCUT2D eigenvalue weighted by molar-refractivity contribution is -0.115. The van der Waals surface area contributed by atoms with Crippen LogP contribution in [0.5, 0.6) is 0 Å². The van der Waals surface area contributed by atoms with Crippen LogP contribution in [0, 0.1) is 0 Å². The van der Waals surface area contributed by atoms with E-state index in [0.29, 0.717) is 32.5 Å². The van der Waals surface area contributed by atoms with E-state index in [1.54, 1.807) is 11.3 Å². The molecular formula is C10H15N3O2S. The first-order chi connectivity index (χ1) is 7.77. The first-order valence-electron chi connectivity index (χ1n) is 5.00. The predicted octanol–water partition coefficient (Wildman–Crippen LogP) is 0.765. The van der Waals surface area contributed by atoms with Gasteiger partial charge in [-0.05, 0) is 24.4 Å². The summed E-state index contributed by atoms with van der Waals surface area (Å²) in [6.45, 7) is 1.27. The van der Waals surface area contributed by atoms with Gasteiger partial charge in [0.05, 0.1) is 6.54 Å². The van der Waals surface area contributed by atoms with E-state index >= 15 is 0 Å². The summed E-state index contributed by atoms with van der Waals surface area (Å²) in [6.07, 6.45) is 1.14. The number of carbonyl (C=O) groups excluding carboxylic acids is 2. The molecule has 0 saturated heterocycles. The fraction of sp³-hybridized carbons (Fsp3) is 0.400. The van der Waals surface area contributed by atoms with Crippen molar-refractivity contribution in [2.24, 2.45) is 5.73 Å². The summed E-state index contributed by atoms with van der Waals surface area (Å²) in [7, 11) is 0. The van der Waals surface area contributed by atoms with Crippen LogP contribution in [0.15, 0.2) is 17.5 Å². The fourth-order valence-corrected chi connectivity index (χ4v) is 1.79. The van der Waals surface area contributed by atoms with Crippen LogP contribution < -0.4 is 11.1 Å². The largest absolute Gasteiger partial charge is 0.333 e. The van der Waals surface area contributed by atoms with Gasteiger partial charge in [-0.1, -0.05) is 6.07 Å². The predicted molar refractivity (Wildman–Crippen MR) is 63.0 cm³/mol. The summed E-state index contributed by atoms with van der Waals surface area (Å²) < 4.78 is 0. The van der Waals surface area contributed by atoms with Gasteiger partial charge in [-0.15, -0.1) is 11.3 Å². The Morgan fingerprint density at radius 2 is 2.44 bits per heavy atom. The molecule has 3 amide bonds. The Bertz CT molecular complexity index is 327. The number of thiophene rings is 1. The number of urea groups is 1. The lowest BCUT2D eigenvalue weighted by Gasteiger charge is -2.15. The molecule has 0 fully saturated rings. The Balaban J connectivity index is 2.34. The molecule has 0 atom stereocenters. The zero-order valence-corrected chi connectivity index (χ0v) is 9.70. The van der Waals surface area contributed by atoms with Gasteiger partial charge in [0.2, 0.25) is 6.41 Å². The molecule has 16 heavy (non-hydrogen) atoms. The minimum Gasteiger partial charge on any atom is -0.333 e. The molecule has 1 rings (SSSR count). The fourth-order valence-electron chi connectivity index (χ4n) is 1.14. The molecule has 1 heterocycles. The van der Waals surface area contributed by atoms with Gasteiger partial charge in [-0.3, -0.25) is 9.69 Å². The molecule has 0 aliphatic heterocycles. The first kappa shape index (κ1) is 12.7. The highest BCUT2D eigenvalue weighted by molar-refractivity contribution is 7.09. The standard InChI is InChI=1S/C10H15N3O2S/c11-4-2-5-13(8-14)10(15)12-7-9-3-1-6-16-9/h1,3,6,8H,2,4-5,7,11H2,(H,12,15). The summed E-state index contributed by atoms with van der Waals surface area (Å²) >= 11 is 1.56. The summed E-state index contributed by atoms with van der Waals surface area (Å²) in [5.41, 5.74) is 5.31. The van der Waals surface area contributed by atoms with E-state index in [9.17, 15) is 9.59 Å². The van der Waals surface area contributed by atoms with Crippen molar-refractivity contribution in [2.45, 2.75) is 13.0 Å². The molecule has 0 saturated carbocycles. The van der Waals surface area contributed by atoms with Gasteiger partial charge in [0.25, 0.3) is 0 Å². The van der Waals surface area contributed by atoms with E-state index in [0.717, 1.165) is 9.78 Å². The summed E-state index contributed by atoms with van der Waals surface area (Å²) in [5, 5.41) is 4.61. The lowest BCUT2D eigenvalue weighted by atomic mass is 10.4. The second-order valence-electron chi connectivity index (χ2n) is 3.18. The molecule has 0 aliphatic rings. The van der Waals surface area contributed by atoms with Gasteiger partial charge in [0.15, 0.2) is 0 Å². The molecule has 0 radical (unpaired) electrons. The zero-order chi connectivity index (χ0) is 11.8. The number of nitrogens with one attached hydrogen (secondary N) is 1. The Morgan fingerprint density at radius 1 is 1.62 bits per heavy atom. The average Bonchev–Trinajstić information content (AvgIpc) is 2.80. The van der Waals surface area contributed by atoms with Crippen molar-refractivity contribution in [3.63, 3.8) is 0 Å². The SMILES string of the molecule is NCCCN(C=O)C(=O)NCc1cccs1. The number of carbonyl (C=O) groups is 2. The van der Waals surface area contributed by atoms with E-state index in [2.05, 4.69) is 5.32 Å². The van der Waals surface area contributed by atoms with Crippen molar-refractivity contribution < 1.29 is 9.59 Å². The number of hydrogen-bond acceptors (Lipinski definition) is 4. The number of nitrogens with two attached hydrogens (primary N) is 1. The van der Waals surface area contributed by atoms with E-state index in [-0.39, 0.29) is 6.03 Å². The molecule has 88 valence electrons. The Labute approximate surface area is 98.2 Å².